The fraction of sp³-hybridized carbons (Fsp3) is 0.0182. The van der Waals surface area contributed by atoms with E-state index < -0.39 is 5.41 Å². The zero-order chi connectivity index (χ0) is 38.2. The molecule has 9 aromatic carbocycles. The fourth-order valence-corrected chi connectivity index (χ4v) is 11.0. The minimum Gasteiger partial charge on any atom is -0.354 e. The van der Waals surface area contributed by atoms with Crippen molar-refractivity contribution in [1.82, 2.24) is 4.98 Å². The van der Waals surface area contributed by atoms with Gasteiger partial charge in [0.15, 0.2) is 0 Å². The van der Waals surface area contributed by atoms with Crippen LogP contribution >= 0.6 is 11.3 Å². The SMILES string of the molecule is c1ccc(-c2ccc(N(c3ccc4c(c3)C(c3ccccc3)(c3ccccc3)c3ccccc3-4)c3cccc4c3sc3ccc5c6ccccc6[nH]c5c34)cc2)cc1. The van der Waals surface area contributed by atoms with Crippen molar-refractivity contribution in [2.75, 3.05) is 4.90 Å². The summed E-state index contributed by atoms with van der Waals surface area (Å²) in [7, 11) is 0. The van der Waals surface area contributed by atoms with Gasteiger partial charge in [-0.25, -0.2) is 0 Å². The maximum absolute atomic E-state index is 3.80. The lowest BCUT2D eigenvalue weighted by molar-refractivity contribution is 0.768. The van der Waals surface area contributed by atoms with E-state index in [0.717, 1.165) is 17.1 Å². The van der Waals surface area contributed by atoms with Crippen molar-refractivity contribution in [3.63, 3.8) is 0 Å². The number of H-pyrrole nitrogens is 1. The van der Waals surface area contributed by atoms with Crippen LogP contribution in [0.15, 0.2) is 212 Å². The Bertz CT molecular complexity index is 3290. The highest BCUT2D eigenvalue weighted by Gasteiger charge is 2.46. The number of aromatic nitrogens is 1. The highest BCUT2D eigenvalue weighted by atomic mass is 32.1. The number of benzene rings is 9. The molecular formula is C55H36N2S. The molecular weight excluding hydrogens is 721 g/mol. The van der Waals surface area contributed by atoms with Crippen LogP contribution in [0.1, 0.15) is 22.3 Å². The number of hydrogen-bond acceptors (Lipinski definition) is 2. The van der Waals surface area contributed by atoms with E-state index in [1.165, 1.54) is 86.5 Å². The minimum atomic E-state index is -0.502. The Morgan fingerprint density at radius 3 is 1.83 bits per heavy atom. The number of hydrogen-bond donors (Lipinski definition) is 1. The predicted octanol–water partition coefficient (Wildman–Crippen LogP) is 15.2. The second-order valence-corrected chi connectivity index (χ2v) is 16.3. The molecule has 1 aliphatic rings. The molecule has 12 rings (SSSR count). The molecule has 0 aliphatic heterocycles. The largest absolute Gasteiger partial charge is 0.354 e. The van der Waals surface area contributed by atoms with Crippen LogP contribution in [0.4, 0.5) is 17.1 Å². The number of nitrogens with one attached hydrogen (secondary N) is 1. The van der Waals surface area contributed by atoms with Crippen molar-refractivity contribution in [1.29, 1.82) is 0 Å². The molecule has 2 aromatic heterocycles. The third-order valence-electron chi connectivity index (χ3n) is 12.3. The lowest BCUT2D eigenvalue weighted by Crippen LogP contribution is -2.28. The molecule has 0 bridgehead atoms. The van der Waals surface area contributed by atoms with E-state index in [2.05, 4.69) is 222 Å². The number of fused-ring (bicyclic) bond motifs is 10. The van der Waals surface area contributed by atoms with Gasteiger partial charge in [0, 0.05) is 43.1 Å². The molecule has 0 amide bonds. The van der Waals surface area contributed by atoms with Gasteiger partial charge >= 0.3 is 0 Å². The van der Waals surface area contributed by atoms with Crippen LogP contribution in [0, 0.1) is 0 Å². The van der Waals surface area contributed by atoms with E-state index in [1.54, 1.807) is 0 Å². The number of rotatable bonds is 6. The second-order valence-electron chi connectivity index (χ2n) is 15.3. The summed E-state index contributed by atoms with van der Waals surface area (Å²) in [6.07, 6.45) is 0. The molecule has 0 saturated carbocycles. The van der Waals surface area contributed by atoms with Gasteiger partial charge in [-0.1, -0.05) is 170 Å². The van der Waals surface area contributed by atoms with Crippen molar-refractivity contribution in [2.24, 2.45) is 0 Å². The Morgan fingerprint density at radius 2 is 1.05 bits per heavy atom. The van der Waals surface area contributed by atoms with Crippen LogP contribution in [0.3, 0.4) is 0 Å². The number of para-hydroxylation sites is 1. The molecule has 0 fully saturated rings. The first-order valence-corrected chi connectivity index (χ1v) is 20.7. The molecule has 0 saturated heterocycles. The van der Waals surface area contributed by atoms with Crippen molar-refractivity contribution in [3.05, 3.63) is 235 Å². The number of nitrogens with zero attached hydrogens (tertiary/aromatic N) is 1. The highest BCUT2D eigenvalue weighted by Crippen LogP contribution is 2.57. The van der Waals surface area contributed by atoms with Crippen LogP contribution in [-0.2, 0) is 5.41 Å². The first-order chi connectivity index (χ1) is 28.8. The van der Waals surface area contributed by atoms with Gasteiger partial charge < -0.3 is 9.88 Å². The molecule has 1 aliphatic carbocycles. The lowest BCUT2D eigenvalue weighted by atomic mass is 9.67. The molecule has 1 N–H and O–H groups in total. The molecule has 2 heterocycles. The highest BCUT2D eigenvalue weighted by molar-refractivity contribution is 7.26. The zero-order valence-corrected chi connectivity index (χ0v) is 32.4. The van der Waals surface area contributed by atoms with Gasteiger partial charge in [-0.3, -0.25) is 0 Å². The quantitative estimate of drug-likeness (QED) is 0.179. The summed E-state index contributed by atoms with van der Waals surface area (Å²) in [5, 5.41) is 5.07. The van der Waals surface area contributed by atoms with Crippen LogP contribution in [0.25, 0.3) is 64.2 Å². The fourth-order valence-electron chi connectivity index (χ4n) is 9.80. The summed E-state index contributed by atoms with van der Waals surface area (Å²) in [5.74, 6) is 0. The van der Waals surface area contributed by atoms with Gasteiger partial charge in [0.25, 0.3) is 0 Å². The molecule has 0 atom stereocenters. The van der Waals surface area contributed by atoms with Crippen LogP contribution in [0.2, 0.25) is 0 Å². The average molecular weight is 757 g/mol. The summed E-state index contributed by atoms with van der Waals surface area (Å²) in [6, 6.07) is 78.1. The van der Waals surface area contributed by atoms with Crippen molar-refractivity contribution in [2.45, 2.75) is 5.41 Å². The van der Waals surface area contributed by atoms with Crippen molar-refractivity contribution >= 4 is 70.4 Å². The molecule has 272 valence electrons. The molecule has 0 spiro atoms. The van der Waals surface area contributed by atoms with Gasteiger partial charge in [-0.2, -0.15) is 0 Å². The Morgan fingerprint density at radius 1 is 0.431 bits per heavy atom. The predicted molar refractivity (Wildman–Crippen MR) is 246 cm³/mol. The lowest BCUT2D eigenvalue weighted by Gasteiger charge is -2.35. The van der Waals surface area contributed by atoms with E-state index in [1.807, 2.05) is 11.3 Å². The van der Waals surface area contributed by atoms with Crippen LogP contribution < -0.4 is 4.90 Å². The second kappa shape index (κ2) is 12.9. The summed E-state index contributed by atoms with van der Waals surface area (Å²) in [5.41, 5.74) is 15.3. The Balaban J connectivity index is 1.13. The molecule has 0 unspecified atom stereocenters. The van der Waals surface area contributed by atoms with E-state index in [0.29, 0.717) is 0 Å². The number of aromatic amines is 1. The van der Waals surface area contributed by atoms with Gasteiger partial charge in [0.05, 0.1) is 21.3 Å². The summed E-state index contributed by atoms with van der Waals surface area (Å²) >= 11 is 1.88. The van der Waals surface area contributed by atoms with Crippen LogP contribution in [-0.4, -0.2) is 4.98 Å². The van der Waals surface area contributed by atoms with E-state index in [-0.39, 0.29) is 0 Å². The molecule has 58 heavy (non-hydrogen) atoms. The van der Waals surface area contributed by atoms with Crippen molar-refractivity contribution in [3.8, 4) is 22.3 Å². The maximum atomic E-state index is 3.80. The molecule has 2 nitrogen and oxygen atoms in total. The molecule has 11 aromatic rings. The van der Waals surface area contributed by atoms with Gasteiger partial charge in [-0.05, 0) is 87.0 Å². The van der Waals surface area contributed by atoms with Gasteiger partial charge in [0.2, 0.25) is 0 Å². The van der Waals surface area contributed by atoms with Gasteiger partial charge in [0.1, 0.15) is 0 Å². The zero-order valence-electron chi connectivity index (χ0n) is 31.6. The Kier molecular flexibility index (Phi) is 7.35. The smallest absolute Gasteiger partial charge is 0.0714 e. The Hall–Kier alpha value is -7.20. The first-order valence-electron chi connectivity index (χ1n) is 19.9. The minimum absolute atomic E-state index is 0.502. The number of anilines is 3. The standard InChI is InChI=1S/C55H36N2S/c1-4-15-36(16-5-1)37-27-29-40(30-28-37)57(50-26-14-23-46-52-51(58-54(46)50)34-33-45-44-22-11-13-25-49(44)56-53(45)52)41-31-32-43-42-21-10-12-24-47(42)55(48(43)35-41,38-17-6-2-7-18-38)39-19-8-3-9-20-39/h1-35,56H. The Labute approximate surface area is 340 Å². The first kappa shape index (κ1) is 33.0. The van der Waals surface area contributed by atoms with Gasteiger partial charge in [-0.15, -0.1) is 11.3 Å². The summed E-state index contributed by atoms with van der Waals surface area (Å²) < 4.78 is 2.54. The van der Waals surface area contributed by atoms with Crippen molar-refractivity contribution < 1.29 is 0 Å². The number of thiophene rings is 1. The third-order valence-corrected chi connectivity index (χ3v) is 13.5. The maximum Gasteiger partial charge on any atom is 0.0714 e. The third kappa shape index (κ3) is 4.78. The van der Waals surface area contributed by atoms with E-state index in [9.17, 15) is 0 Å². The van der Waals surface area contributed by atoms with E-state index >= 15 is 0 Å². The molecule has 3 heteroatoms. The summed E-state index contributed by atoms with van der Waals surface area (Å²) in [6.45, 7) is 0. The summed E-state index contributed by atoms with van der Waals surface area (Å²) in [4.78, 5) is 6.29. The molecule has 0 radical (unpaired) electrons. The normalized spacial score (nSPS) is 13.0. The van der Waals surface area contributed by atoms with Crippen LogP contribution in [0.5, 0.6) is 0 Å². The monoisotopic (exact) mass is 756 g/mol. The van der Waals surface area contributed by atoms with E-state index in [4.69, 9.17) is 0 Å². The average Bonchev–Trinajstić information content (AvgIpc) is 3.96. The topological polar surface area (TPSA) is 19.0 Å².